The number of aromatic nitrogens is 4. The van der Waals surface area contributed by atoms with Crippen molar-refractivity contribution in [2.24, 2.45) is 7.05 Å². The Hall–Kier alpha value is -1.96. The molecule has 0 amide bonds. The van der Waals surface area contributed by atoms with Gasteiger partial charge in [0.1, 0.15) is 5.82 Å². The van der Waals surface area contributed by atoms with E-state index in [2.05, 4.69) is 62.0 Å². The number of hydrogen-bond acceptors (Lipinski definition) is 6. The molecule has 0 spiro atoms. The van der Waals surface area contributed by atoms with Gasteiger partial charge >= 0.3 is 0 Å². The molecule has 2 aromatic heterocycles. The molecule has 158 valence electrons. The minimum Gasteiger partial charge on any atom is -0.377 e. The van der Waals surface area contributed by atoms with Crippen LogP contribution in [0.25, 0.3) is 10.9 Å². The second-order valence-corrected chi connectivity index (χ2v) is 9.37. The van der Waals surface area contributed by atoms with Crippen molar-refractivity contribution in [3.63, 3.8) is 0 Å². The summed E-state index contributed by atoms with van der Waals surface area (Å²) in [6, 6.07) is 10.6. The van der Waals surface area contributed by atoms with Gasteiger partial charge in [0.05, 0.1) is 11.6 Å². The summed E-state index contributed by atoms with van der Waals surface area (Å²) >= 11 is 1.78. The van der Waals surface area contributed by atoms with E-state index in [1.165, 1.54) is 23.8 Å². The Bertz CT molecular complexity index is 987. The van der Waals surface area contributed by atoms with Gasteiger partial charge in [-0.05, 0) is 56.5 Å². The molecule has 4 heterocycles. The highest BCUT2D eigenvalue weighted by Gasteiger charge is 2.26. The molecular weight excluding hydrogens is 394 g/mol. The van der Waals surface area contributed by atoms with Gasteiger partial charge in [0, 0.05) is 43.5 Å². The third-order valence-electron chi connectivity index (χ3n) is 6.38. The van der Waals surface area contributed by atoms with Gasteiger partial charge in [0.15, 0.2) is 5.16 Å². The molecule has 0 N–H and O–H groups in total. The highest BCUT2D eigenvalue weighted by molar-refractivity contribution is 7.99. The SMILES string of the molecule is Cn1c(SC[C@@H]2CCCO2)nnc1C1CCN(Cc2ccnc3ccccc23)CC1. The van der Waals surface area contributed by atoms with Crippen molar-refractivity contribution in [3.05, 3.63) is 47.9 Å². The maximum atomic E-state index is 5.74. The minimum absolute atomic E-state index is 0.377. The van der Waals surface area contributed by atoms with Crippen molar-refractivity contribution in [1.29, 1.82) is 0 Å². The Morgan fingerprint density at radius 2 is 1.97 bits per heavy atom. The van der Waals surface area contributed by atoms with E-state index in [-0.39, 0.29) is 0 Å². The van der Waals surface area contributed by atoms with Crippen LogP contribution in [0.2, 0.25) is 0 Å². The number of pyridine rings is 1. The lowest BCUT2D eigenvalue weighted by Gasteiger charge is -2.31. The first kappa shape index (κ1) is 20.0. The lowest BCUT2D eigenvalue weighted by atomic mass is 9.95. The van der Waals surface area contributed by atoms with Gasteiger partial charge in [-0.2, -0.15) is 0 Å². The van der Waals surface area contributed by atoms with E-state index in [1.54, 1.807) is 11.8 Å². The van der Waals surface area contributed by atoms with Crippen LogP contribution in [-0.2, 0) is 18.3 Å². The molecule has 2 saturated heterocycles. The van der Waals surface area contributed by atoms with E-state index in [1.807, 2.05) is 6.20 Å². The van der Waals surface area contributed by atoms with Gasteiger partial charge in [-0.3, -0.25) is 9.88 Å². The summed E-state index contributed by atoms with van der Waals surface area (Å²) in [6.45, 7) is 4.07. The molecular formula is C23H29N5OS. The van der Waals surface area contributed by atoms with E-state index in [0.29, 0.717) is 12.0 Å². The van der Waals surface area contributed by atoms with Crippen molar-refractivity contribution in [1.82, 2.24) is 24.6 Å². The van der Waals surface area contributed by atoms with E-state index in [0.717, 1.165) is 61.3 Å². The zero-order chi connectivity index (χ0) is 20.3. The first-order chi connectivity index (χ1) is 14.8. The Labute approximate surface area is 182 Å². The van der Waals surface area contributed by atoms with Gasteiger partial charge < -0.3 is 9.30 Å². The molecule has 5 rings (SSSR count). The summed E-state index contributed by atoms with van der Waals surface area (Å²) in [5.41, 5.74) is 2.45. The average Bonchev–Trinajstić information content (AvgIpc) is 3.43. The summed E-state index contributed by atoms with van der Waals surface area (Å²) in [5, 5.41) is 11.3. The van der Waals surface area contributed by atoms with Crippen LogP contribution in [0.3, 0.4) is 0 Å². The van der Waals surface area contributed by atoms with Crippen molar-refractivity contribution >= 4 is 22.7 Å². The number of hydrogen-bond donors (Lipinski definition) is 0. The van der Waals surface area contributed by atoms with Crippen LogP contribution in [-0.4, -0.2) is 56.2 Å². The highest BCUT2D eigenvalue weighted by atomic mass is 32.2. The second kappa shape index (κ2) is 9.04. The van der Waals surface area contributed by atoms with Gasteiger partial charge in [-0.25, -0.2) is 0 Å². The number of ether oxygens (including phenoxy) is 1. The van der Waals surface area contributed by atoms with Crippen LogP contribution in [0, 0.1) is 0 Å². The summed E-state index contributed by atoms with van der Waals surface area (Å²) in [6.07, 6.45) is 6.92. The number of piperidine rings is 1. The molecule has 0 radical (unpaired) electrons. The van der Waals surface area contributed by atoms with Crippen molar-refractivity contribution < 1.29 is 4.74 Å². The molecule has 30 heavy (non-hydrogen) atoms. The summed E-state index contributed by atoms with van der Waals surface area (Å²) in [7, 11) is 2.11. The number of likely N-dealkylation sites (tertiary alicyclic amines) is 1. The molecule has 7 heteroatoms. The predicted octanol–water partition coefficient (Wildman–Crippen LogP) is 4.01. The van der Waals surface area contributed by atoms with E-state index in [4.69, 9.17) is 4.74 Å². The van der Waals surface area contributed by atoms with Crippen molar-refractivity contribution in [3.8, 4) is 0 Å². The lowest BCUT2D eigenvalue weighted by molar-refractivity contribution is 0.129. The van der Waals surface area contributed by atoms with Gasteiger partial charge in [0.25, 0.3) is 0 Å². The van der Waals surface area contributed by atoms with Gasteiger partial charge in [-0.15, -0.1) is 10.2 Å². The van der Waals surface area contributed by atoms with E-state index < -0.39 is 0 Å². The zero-order valence-corrected chi connectivity index (χ0v) is 18.4. The van der Waals surface area contributed by atoms with E-state index >= 15 is 0 Å². The third-order valence-corrected chi connectivity index (χ3v) is 7.53. The monoisotopic (exact) mass is 423 g/mol. The molecule has 0 bridgehead atoms. The number of para-hydroxylation sites is 1. The number of fused-ring (bicyclic) bond motifs is 1. The molecule has 0 saturated carbocycles. The van der Waals surface area contributed by atoms with Gasteiger partial charge in [-0.1, -0.05) is 30.0 Å². The molecule has 1 aromatic carbocycles. The maximum Gasteiger partial charge on any atom is 0.191 e. The Morgan fingerprint density at radius 1 is 1.10 bits per heavy atom. The number of nitrogens with zero attached hydrogens (tertiary/aromatic N) is 5. The fourth-order valence-electron chi connectivity index (χ4n) is 4.63. The zero-order valence-electron chi connectivity index (χ0n) is 17.5. The van der Waals surface area contributed by atoms with Gasteiger partial charge in [0.2, 0.25) is 0 Å². The molecule has 6 nitrogen and oxygen atoms in total. The summed E-state index contributed by atoms with van der Waals surface area (Å²) in [4.78, 5) is 7.05. The fraction of sp³-hybridized carbons (Fsp3) is 0.522. The quantitative estimate of drug-likeness (QED) is 0.558. The molecule has 3 aromatic rings. The predicted molar refractivity (Wildman–Crippen MR) is 120 cm³/mol. The van der Waals surface area contributed by atoms with Crippen LogP contribution in [0.4, 0.5) is 0 Å². The second-order valence-electron chi connectivity index (χ2n) is 8.38. The molecule has 0 unspecified atom stereocenters. The van der Waals surface area contributed by atoms with Crippen molar-refractivity contribution in [2.45, 2.75) is 49.4 Å². The van der Waals surface area contributed by atoms with Crippen LogP contribution >= 0.6 is 11.8 Å². The van der Waals surface area contributed by atoms with E-state index in [9.17, 15) is 0 Å². The summed E-state index contributed by atoms with van der Waals surface area (Å²) < 4.78 is 7.94. The molecule has 2 aliphatic rings. The third kappa shape index (κ3) is 4.24. The summed E-state index contributed by atoms with van der Waals surface area (Å²) in [5.74, 6) is 2.61. The molecule has 2 fully saturated rings. The van der Waals surface area contributed by atoms with Crippen LogP contribution in [0.15, 0.2) is 41.7 Å². The molecule has 0 aliphatic carbocycles. The maximum absolute atomic E-state index is 5.74. The fourth-order valence-corrected chi connectivity index (χ4v) is 5.62. The van der Waals surface area contributed by atoms with Crippen LogP contribution in [0.1, 0.15) is 43.0 Å². The minimum atomic E-state index is 0.377. The Balaban J connectivity index is 1.19. The standard InChI is InChI=1S/C23H29N5OS/c1-27-22(25-26-23(27)30-16-19-5-4-14-29-19)17-9-12-28(13-10-17)15-18-8-11-24-21-7-3-2-6-20(18)21/h2-3,6-8,11,17,19H,4-5,9-10,12-16H2,1H3/t19-/m0/s1. The number of rotatable bonds is 6. The molecule has 1 atom stereocenters. The number of thioether (sulfide) groups is 1. The topological polar surface area (TPSA) is 56.1 Å². The first-order valence-electron chi connectivity index (χ1n) is 11.0. The average molecular weight is 424 g/mol. The number of benzene rings is 1. The Kier molecular flexibility index (Phi) is 6.02. The Morgan fingerprint density at radius 3 is 2.80 bits per heavy atom. The largest absolute Gasteiger partial charge is 0.377 e. The van der Waals surface area contributed by atoms with Crippen LogP contribution < -0.4 is 0 Å². The van der Waals surface area contributed by atoms with Crippen LogP contribution in [0.5, 0.6) is 0 Å². The lowest BCUT2D eigenvalue weighted by Crippen LogP contribution is -2.33. The highest BCUT2D eigenvalue weighted by Crippen LogP contribution is 2.30. The smallest absolute Gasteiger partial charge is 0.191 e. The normalized spacial score (nSPS) is 20.9. The first-order valence-corrected chi connectivity index (χ1v) is 11.9. The van der Waals surface area contributed by atoms with Crippen molar-refractivity contribution in [2.75, 3.05) is 25.4 Å². The molecule has 2 aliphatic heterocycles.